The van der Waals surface area contributed by atoms with Gasteiger partial charge >= 0.3 is 0 Å². The summed E-state index contributed by atoms with van der Waals surface area (Å²) in [4.78, 5) is 2.39. The Morgan fingerprint density at radius 1 is 0.463 bits per heavy atom. The van der Waals surface area contributed by atoms with Crippen LogP contribution in [0.2, 0.25) is 0 Å². The fourth-order valence-electron chi connectivity index (χ4n) is 11.7. The average Bonchev–Trinajstić information content (AvgIpc) is 3.82. The van der Waals surface area contributed by atoms with E-state index in [1.54, 1.807) is 11.1 Å². The molecule has 0 saturated heterocycles. The van der Waals surface area contributed by atoms with E-state index in [0.717, 1.165) is 29.0 Å². The fourth-order valence-corrected chi connectivity index (χ4v) is 11.7. The molecule has 6 aromatic carbocycles. The predicted molar refractivity (Wildman–Crippen MR) is 293 cm³/mol. The summed E-state index contributed by atoms with van der Waals surface area (Å²) in [6.45, 7) is 25.5. The van der Waals surface area contributed by atoms with Crippen molar-refractivity contribution in [2.45, 2.75) is 180 Å². The lowest BCUT2D eigenvalue weighted by Gasteiger charge is -2.44. The lowest BCUT2D eigenvalue weighted by molar-refractivity contribution is 0.302. The molecule has 0 aliphatic heterocycles. The van der Waals surface area contributed by atoms with Crippen LogP contribution in [0.3, 0.4) is 0 Å². The quantitative estimate of drug-likeness (QED) is 0.0650. The minimum absolute atomic E-state index is 0.0169. The Labute approximate surface area is 407 Å². The number of fused-ring (bicyclic) bond motifs is 6. The van der Waals surface area contributed by atoms with Crippen molar-refractivity contribution >= 4 is 23.1 Å². The summed E-state index contributed by atoms with van der Waals surface area (Å²) in [5.74, 6) is 0. The van der Waals surface area contributed by atoms with Gasteiger partial charge in [-0.3, -0.25) is 0 Å². The summed E-state index contributed by atoms with van der Waals surface area (Å²) in [6, 6.07) is 49.6. The Kier molecular flexibility index (Phi) is 14.6. The van der Waals surface area contributed by atoms with Gasteiger partial charge in [0.25, 0.3) is 0 Å². The molecule has 0 amide bonds. The van der Waals surface area contributed by atoms with Crippen molar-refractivity contribution < 1.29 is 0 Å². The summed E-state index contributed by atoms with van der Waals surface area (Å²) in [6.07, 6.45) is 21.3. The molecule has 2 aliphatic carbocycles. The van der Waals surface area contributed by atoms with E-state index in [2.05, 4.69) is 201 Å². The van der Waals surface area contributed by atoms with E-state index in [4.69, 9.17) is 0 Å². The third-order valence-corrected chi connectivity index (χ3v) is 16.7. The number of hydrogen-bond acceptors (Lipinski definition) is 1. The first-order valence-electron chi connectivity index (χ1n) is 26.4. The van der Waals surface area contributed by atoms with Crippen LogP contribution in [0.25, 0.3) is 28.3 Å². The highest BCUT2D eigenvalue weighted by Gasteiger charge is 2.46. The van der Waals surface area contributed by atoms with Crippen LogP contribution in [0.15, 0.2) is 134 Å². The van der Waals surface area contributed by atoms with Gasteiger partial charge in [0.2, 0.25) is 0 Å². The van der Waals surface area contributed by atoms with Crippen molar-refractivity contribution in [3.63, 3.8) is 0 Å². The Bertz CT molecular complexity index is 2590. The van der Waals surface area contributed by atoms with Crippen molar-refractivity contribution in [1.82, 2.24) is 0 Å². The number of unbranched alkanes of at least 4 members (excludes halogenated alkanes) is 10. The van der Waals surface area contributed by atoms with Crippen molar-refractivity contribution in [2.75, 3.05) is 4.90 Å². The third-order valence-electron chi connectivity index (χ3n) is 16.7. The number of hydrogen-bond donors (Lipinski definition) is 0. The normalized spacial score (nSPS) is 13.8. The van der Waals surface area contributed by atoms with Gasteiger partial charge in [-0.1, -0.05) is 231 Å². The van der Waals surface area contributed by atoms with Crippen LogP contribution >= 0.6 is 0 Å². The molecular weight excluding hydrogens is 807 g/mol. The van der Waals surface area contributed by atoms with Gasteiger partial charge in [0.1, 0.15) is 0 Å². The first kappa shape index (κ1) is 48.3. The first-order chi connectivity index (χ1) is 32.2. The lowest BCUT2D eigenvalue weighted by Crippen LogP contribution is -2.40. The number of nitrogens with zero attached hydrogens (tertiary/aromatic N) is 1. The maximum atomic E-state index is 4.01. The van der Waals surface area contributed by atoms with Gasteiger partial charge in [0.05, 0.1) is 0 Å². The number of rotatable bonds is 21. The van der Waals surface area contributed by atoms with E-state index in [1.807, 2.05) is 6.08 Å². The molecule has 0 radical (unpaired) electrons. The Hall–Kier alpha value is -5.14. The second kappa shape index (κ2) is 20.2. The SMILES string of the molecule is C=Cc1ccc(N(c2ccc(C(C)(C)C)cc2)c2ccc(C(C)(C)C(C)(C)c3ccc4c(c3)C(CCCCCCCC)(CCCCCCCC)c3cc5c(cc3-4)Cc3ccccc3-5)cc2)cc1. The molecule has 0 saturated carbocycles. The molecule has 0 fully saturated rings. The summed E-state index contributed by atoms with van der Waals surface area (Å²) < 4.78 is 0. The van der Waals surface area contributed by atoms with E-state index in [1.165, 1.54) is 140 Å². The molecule has 0 N–H and O–H groups in total. The average molecular weight is 888 g/mol. The highest BCUT2D eigenvalue weighted by molar-refractivity contribution is 5.88. The monoisotopic (exact) mass is 888 g/mol. The maximum Gasteiger partial charge on any atom is 0.0462 e. The van der Waals surface area contributed by atoms with Crippen LogP contribution in [0, 0.1) is 0 Å². The minimum atomic E-state index is -0.165. The molecule has 0 aromatic heterocycles. The standard InChI is InChI=1S/C66H81N/c1-11-14-16-18-20-24-42-66(43-25-21-19-17-15-12-2)61-46-53(34-41-58(61)60-45-50-44-49-26-22-23-27-57(49)59(50)47-62(60)66)65(9,10)64(7,8)52-32-39-56(40-33-52)67(54-35-28-48(13-3)29-36-54)55-37-30-51(31-38-55)63(4,5)6/h13,22-23,26-41,45-47H,3,11-12,14-21,24-25,42-44H2,1-2,4-10H3. The van der Waals surface area contributed by atoms with Crippen molar-refractivity contribution in [3.05, 3.63) is 178 Å². The fraction of sp³-hybridized carbons (Fsp3) is 0.424. The number of benzene rings is 6. The molecule has 0 bridgehead atoms. The zero-order valence-corrected chi connectivity index (χ0v) is 43.0. The topological polar surface area (TPSA) is 3.24 Å². The molecule has 350 valence electrons. The van der Waals surface area contributed by atoms with Gasteiger partial charge in [0, 0.05) is 22.5 Å². The third kappa shape index (κ3) is 9.64. The van der Waals surface area contributed by atoms with Gasteiger partial charge in [-0.25, -0.2) is 0 Å². The van der Waals surface area contributed by atoms with Crippen molar-refractivity contribution in [2.24, 2.45) is 0 Å². The molecular formula is C66H81N. The van der Waals surface area contributed by atoms with Crippen molar-refractivity contribution in [3.8, 4) is 22.3 Å². The molecule has 67 heavy (non-hydrogen) atoms. The first-order valence-corrected chi connectivity index (χ1v) is 26.4. The maximum absolute atomic E-state index is 4.01. The smallest absolute Gasteiger partial charge is 0.0462 e. The number of anilines is 3. The van der Waals surface area contributed by atoms with Gasteiger partial charge in [-0.2, -0.15) is 0 Å². The predicted octanol–water partition coefficient (Wildman–Crippen LogP) is 19.7. The van der Waals surface area contributed by atoms with Crippen LogP contribution in [-0.2, 0) is 28.1 Å². The van der Waals surface area contributed by atoms with Gasteiger partial charge in [-0.15, -0.1) is 0 Å². The molecule has 0 heterocycles. The summed E-state index contributed by atoms with van der Waals surface area (Å²) in [5, 5.41) is 0. The molecule has 8 rings (SSSR count). The zero-order chi connectivity index (χ0) is 47.4. The van der Waals surface area contributed by atoms with Crippen LogP contribution in [0.4, 0.5) is 17.1 Å². The Morgan fingerprint density at radius 3 is 1.52 bits per heavy atom. The molecule has 0 spiro atoms. The van der Waals surface area contributed by atoms with E-state index in [-0.39, 0.29) is 21.7 Å². The van der Waals surface area contributed by atoms with Crippen LogP contribution < -0.4 is 4.90 Å². The van der Waals surface area contributed by atoms with Crippen molar-refractivity contribution in [1.29, 1.82) is 0 Å². The lowest BCUT2D eigenvalue weighted by atomic mass is 9.60. The molecule has 1 heteroatoms. The largest absolute Gasteiger partial charge is 0.311 e. The van der Waals surface area contributed by atoms with Crippen LogP contribution in [-0.4, -0.2) is 0 Å². The van der Waals surface area contributed by atoms with E-state index < -0.39 is 0 Å². The second-order valence-electron chi connectivity index (χ2n) is 22.5. The van der Waals surface area contributed by atoms with E-state index in [9.17, 15) is 0 Å². The molecule has 2 aliphatic rings. The van der Waals surface area contributed by atoms with Crippen LogP contribution in [0.1, 0.15) is 197 Å². The van der Waals surface area contributed by atoms with Crippen LogP contribution in [0.5, 0.6) is 0 Å². The molecule has 6 aromatic rings. The second-order valence-corrected chi connectivity index (χ2v) is 22.5. The summed E-state index contributed by atoms with van der Waals surface area (Å²) >= 11 is 0. The van der Waals surface area contributed by atoms with Gasteiger partial charge in [-0.05, 0) is 151 Å². The Morgan fingerprint density at radius 2 is 0.955 bits per heavy atom. The van der Waals surface area contributed by atoms with Gasteiger partial charge < -0.3 is 4.90 Å². The molecule has 0 unspecified atom stereocenters. The minimum Gasteiger partial charge on any atom is -0.311 e. The van der Waals surface area contributed by atoms with Gasteiger partial charge in [0.15, 0.2) is 0 Å². The Balaban J connectivity index is 1.17. The highest BCUT2D eigenvalue weighted by atomic mass is 15.1. The zero-order valence-electron chi connectivity index (χ0n) is 43.0. The summed E-state index contributed by atoms with van der Waals surface area (Å²) in [5.41, 5.74) is 20.6. The molecule has 0 atom stereocenters. The van der Waals surface area contributed by atoms with E-state index in [0.29, 0.717) is 0 Å². The molecule has 1 nitrogen and oxygen atoms in total. The highest BCUT2D eigenvalue weighted by Crippen LogP contribution is 2.58. The summed E-state index contributed by atoms with van der Waals surface area (Å²) in [7, 11) is 0. The van der Waals surface area contributed by atoms with E-state index >= 15 is 0 Å².